The van der Waals surface area contributed by atoms with Crippen molar-refractivity contribution in [3.8, 4) is 0 Å². The fourth-order valence-electron chi connectivity index (χ4n) is 6.40. The van der Waals surface area contributed by atoms with Gasteiger partial charge in [0, 0.05) is 37.7 Å². The molecule has 0 bridgehead atoms. The van der Waals surface area contributed by atoms with Crippen LogP contribution in [0.3, 0.4) is 0 Å². The number of likely N-dealkylation sites (tertiary alicyclic amines) is 1. The van der Waals surface area contributed by atoms with Gasteiger partial charge in [-0.2, -0.15) is 0 Å². The predicted octanol–water partition coefficient (Wildman–Crippen LogP) is 4.98. The molecule has 0 aliphatic carbocycles. The first-order valence-electron chi connectivity index (χ1n) is 17.9. The molecule has 0 radical (unpaired) electrons. The molecule has 14 heteroatoms. The molecule has 2 heterocycles. The summed E-state index contributed by atoms with van der Waals surface area (Å²) in [6, 6.07) is 2.58. The summed E-state index contributed by atoms with van der Waals surface area (Å²) in [5.41, 5.74) is 0.479. The van der Waals surface area contributed by atoms with Crippen LogP contribution in [0, 0.1) is 17.7 Å². The maximum atomic E-state index is 14.5. The molecule has 1 aliphatic rings. The summed E-state index contributed by atoms with van der Waals surface area (Å²) in [4.78, 5) is 73.8. The molecule has 2 unspecified atom stereocenters. The average Bonchev–Trinajstić information content (AvgIpc) is 3.58. The van der Waals surface area contributed by atoms with Crippen molar-refractivity contribution in [3.63, 3.8) is 0 Å². The van der Waals surface area contributed by atoms with Crippen LogP contribution in [0.15, 0.2) is 29.6 Å². The van der Waals surface area contributed by atoms with Crippen molar-refractivity contribution in [2.75, 3.05) is 20.1 Å². The number of hydrogen-bond donors (Lipinski definition) is 3. The third-order valence-corrected chi connectivity index (χ3v) is 10.5. The summed E-state index contributed by atoms with van der Waals surface area (Å²) in [5, 5.41) is 17.1. The lowest BCUT2D eigenvalue weighted by Gasteiger charge is -2.40. The minimum absolute atomic E-state index is 0.0488. The number of esters is 1. The molecule has 0 spiro atoms. The predicted molar refractivity (Wildman–Crippen MR) is 193 cm³/mol. The first kappa shape index (κ1) is 41.5. The van der Waals surface area contributed by atoms with Crippen molar-refractivity contribution >= 4 is 41.0 Å². The van der Waals surface area contributed by atoms with E-state index in [1.807, 2.05) is 46.6 Å². The van der Waals surface area contributed by atoms with E-state index in [4.69, 9.17) is 4.74 Å². The second-order valence-electron chi connectivity index (χ2n) is 13.8. The highest BCUT2D eigenvalue weighted by molar-refractivity contribution is 7.09. The third kappa shape index (κ3) is 11.8. The third-order valence-electron chi connectivity index (χ3n) is 9.52. The number of thiazole rings is 1. The molecule has 51 heavy (non-hydrogen) atoms. The first-order valence-corrected chi connectivity index (χ1v) is 18.8. The lowest BCUT2D eigenvalue weighted by molar-refractivity contribution is -0.149. The highest BCUT2D eigenvalue weighted by Crippen LogP contribution is 2.32. The van der Waals surface area contributed by atoms with Crippen LogP contribution in [0.5, 0.6) is 0 Å². The number of carbonyl (C=O) groups excluding carboxylic acids is 4. The lowest BCUT2D eigenvalue weighted by Crippen LogP contribution is -2.58. The van der Waals surface area contributed by atoms with Crippen LogP contribution in [0.25, 0.3) is 0 Å². The Morgan fingerprint density at radius 1 is 1.10 bits per heavy atom. The molecule has 1 aliphatic heterocycles. The number of carbonyl (C=O) groups is 5. The molecule has 6 atom stereocenters. The van der Waals surface area contributed by atoms with Crippen molar-refractivity contribution in [2.24, 2.45) is 11.8 Å². The second kappa shape index (κ2) is 19.6. The molecule has 2 aromatic rings. The summed E-state index contributed by atoms with van der Waals surface area (Å²) in [6.07, 6.45) is 3.27. The molecule has 1 fully saturated rings. The van der Waals surface area contributed by atoms with Crippen LogP contribution in [0.4, 0.5) is 4.39 Å². The number of likely N-dealkylation sites (N-methyl/N-ethyl adjacent to an activating group) is 1. The van der Waals surface area contributed by atoms with Crippen LogP contribution in [0.2, 0.25) is 0 Å². The fourth-order valence-corrected chi connectivity index (χ4v) is 7.24. The van der Waals surface area contributed by atoms with Gasteiger partial charge in [0.25, 0.3) is 5.91 Å². The van der Waals surface area contributed by atoms with Gasteiger partial charge in [0.05, 0.1) is 6.04 Å². The Morgan fingerprint density at radius 2 is 1.78 bits per heavy atom. The second-order valence-corrected chi connectivity index (χ2v) is 14.7. The van der Waals surface area contributed by atoms with E-state index in [-0.39, 0.29) is 48.2 Å². The fraction of sp³-hybridized carbons (Fsp3) is 0.622. The van der Waals surface area contributed by atoms with Crippen LogP contribution >= 0.6 is 11.3 Å². The van der Waals surface area contributed by atoms with E-state index < -0.39 is 47.9 Å². The van der Waals surface area contributed by atoms with E-state index in [2.05, 4.69) is 15.6 Å². The number of ether oxygens (including phenoxy) is 1. The van der Waals surface area contributed by atoms with Crippen LogP contribution < -0.4 is 10.6 Å². The number of aromatic nitrogens is 1. The monoisotopic (exact) mass is 731 g/mol. The lowest BCUT2D eigenvalue weighted by atomic mass is 9.92. The Hall–Kier alpha value is -3.91. The minimum Gasteiger partial charge on any atom is -0.480 e. The molecule has 3 amide bonds. The SMILES string of the molecule is CCCN(C(=O)C(NC(=O)C1CCCCN1C)[C@@H](C)CC)[C@H](C[C@@H](OC(C)=O)c1nc(C(=O)N[C@@H](Cc2ccc(F)cc2)C(=O)O)cs1)C(C)C. The highest BCUT2D eigenvalue weighted by Gasteiger charge is 2.38. The number of halogens is 1. The molecule has 0 saturated carbocycles. The zero-order valence-corrected chi connectivity index (χ0v) is 31.6. The number of benzene rings is 1. The van der Waals surface area contributed by atoms with Crippen LogP contribution in [-0.2, 0) is 30.3 Å². The number of rotatable bonds is 18. The van der Waals surface area contributed by atoms with Crippen molar-refractivity contribution in [2.45, 2.75) is 117 Å². The molecule has 1 saturated heterocycles. The Balaban J connectivity index is 1.86. The molecular weight excluding hydrogens is 678 g/mol. The van der Waals surface area contributed by atoms with Gasteiger partial charge in [-0.15, -0.1) is 11.3 Å². The maximum absolute atomic E-state index is 14.5. The van der Waals surface area contributed by atoms with Crippen molar-refractivity contribution in [1.29, 1.82) is 0 Å². The quantitative estimate of drug-likeness (QED) is 0.180. The van der Waals surface area contributed by atoms with Crippen molar-refractivity contribution in [1.82, 2.24) is 25.4 Å². The number of carboxylic acid groups (broad SMARTS) is 1. The number of nitrogens with one attached hydrogen (secondary N) is 2. The summed E-state index contributed by atoms with van der Waals surface area (Å²) < 4.78 is 19.1. The molecule has 1 aromatic heterocycles. The van der Waals surface area contributed by atoms with E-state index in [1.165, 1.54) is 36.6 Å². The van der Waals surface area contributed by atoms with Crippen LogP contribution in [-0.4, -0.2) is 93.9 Å². The zero-order chi connectivity index (χ0) is 37.8. The summed E-state index contributed by atoms with van der Waals surface area (Å²) in [6.45, 7) is 12.4. The summed E-state index contributed by atoms with van der Waals surface area (Å²) in [5.74, 6) is -3.58. The van der Waals surface area contributed by atoms with Gasteiger partial charge in [-0.1, -0.05) is 59.6 Å². The van der Waals surface area contributed by atoms with E-state index >= 15 is 0 Å². The standard InChI is InChI=1S/C37H54FN5O7S/c1-8-17-43(36(47)32(23(5)9-2)41-34(46)29-12-10-11-18-42(29)7)30(22(3)4)20-31(50-24(6)44)35-40-28(21-51-35)33(45)39-27(37(48)49)19-25-13-15-26(38)16-14-25/h13-16,21-23,27,29-32H,8-12,17-20H2,1-7H3,(H,39,45)(H,41,46)(H,48,49)/t23-,27-,29?,30+,31+,32?/m0/s1. The van der Waals surface area contributed by atoms with Gasteiger partial charge in [-0.3, -0.25) is 24.1 Å². The normalized spacial score (nSPS) is 17.9. The van der Waals surface area contributed by atoms with E-state index in [1.54, 1.807) is 4.90 Å². The van der Waals surface area contributed by atoms with Gasteiger partial charge in [-0.05, 0) is 62.4 Å². The molecule has 3 rings (SSSR count). The van der Waals surface area contributed by atoms with Crippen molar-refractivity contribution in [3.05, 3.63) is 51.7 Å². The molecule has 3 N–H and O–H groups in total. The number of aliphatic carboxylic acids is 1. The maximum Gasteiger partial charge on any atom is 0.326 e. The van der Waals surface area contributed by atoms with Gasteiger partial charge in [0.2, 0.25) is 11.8 Å². The smallest absolute Gasteiger partial charge is 0.326 e. The van der Waals surface area contributed by atoms with Gasteiger partial charge < -0.3 is 25.4 Å². The Bertz CT molecular complexity index is 1490. The van der Waals surface area contributed by atoms with Crippen LogP contribution in [0.1, 0.15) is 107 Å². The summed E-state index contributed by atoms with van der Waals surface area (Å²) in [7, 11) is 1.93. The van der Waals surface area contributed by atoms with E-state index in [9.17, 15) is 33.5 Å². The van der Waals surface area contributed by atoms with Gasteiger partial charge in [0.1, 0.15) is 28.6 Å². The number of amides is 3. The van der Waals surface area contributed by atoms with Gasteiger partial charge in [-0.25, -0.2) is 14.2 Å². The van der Waals surface area contributed by atoms with Gasteiger partial charge >= 0.3 is 11.9 Å². The molecule has 1 aromatic carbocycles. The van der Waals surface area contributed by atoms with Crippen molar-refractivity contribution < 1.29 is 38.2 Å². The number of hydrogen-bond acceptors (Lipinski definition) is 9. The van der Waals surface area contributed by atoms with E-state index in [0.717, 1.165) is 37.1 Å². The van der Waals surface area contributed by atoms with Gasteiger partial charge in [0.15, 0.2) is 6.10 Å². The molecular formula is C37H54FN5O7S. The Kier molecular flexibility index (Phi) is 16.0. The topological polar surface area (TPSA) is 158 Å². The number of piperidine rings is 1. The first-order chi connectivity index (χ1) is 24.2. The molecule has 282 valence electrons. The number of carboxylic acids is 1. The Morgan fingerprint density at radius 3 is 2.35 bits per heavy atom. The largest absolute Gasteiger partial charge is 0.480 e. The number of nitrogens with zero attached hydrogens (tertiary/aromatic N) is 3. The Labute approximate surface area is 304 Å². The zero-order valence-electron chi connectivity index (χ0n) is 30.8. The summed E-state index contributed by atoms with van der Waals surface area (Å²) >= 11 is 1.09. The average molecular weight is 732 g/mol. The minimum atomic E-state index is -1.30. The highest BCUT2D eigenvalue weighted by atomic mass is 32.1. The molecule has 12 nitrogen and oxygen atoms in total. The van der Waals surface area contributed by atoms with E-state index in [0.29, 0.717) is 30.0 Å².